The summed E-state index contributed by atoms with van der Waals surface area (Å²) in [4.78, 5) is 21.8. The Morgan fingerprint density at radius 2 is 1.87 bits per heavy atom. The van der Waals surface area contributed by atoms with Gasteiger partial charge in [0, 0.05) is 6.42 Å². The fourth-order valence-corrected chi connectivity index (χ4v) is 0.937. The summed E-state index contributed by atoms with van der Waals surface area (Å²) in [5.74, 6) is -0.850. The fraction of sp³-hybridized carbons (Fsp3) is 0.800. The molecule has 0 heterocycles. The highest BCUT2D eigenvalue weighted by Gasteiger charge is 2.13. The van der Waals surface area contributed by atoms with Crippen LogP contribution in [-0.4, -0.2) is 36.4 Å². The van der Waals surface area contributed by atoms with Crippen molar-refractivity contribution in [2.45, 2.75) is 39.2 Å². The van der Waals surface area contributed by atoms with E-state index in [1.807, 2.05) is 6.92 Å². The summed E-state index contributed by atoms with van der Waals surface area (Å²) in [5.41, 5.74) is 0. The van der Waals surface area contributed by atoms with Crippen LogP contribution in [0.5, 0.6) is 0 Å². The van der Waals surface area contributed by atoms with E-state index in [2.05, 4.69) is 4.74 Å². The van der Waals surface area contributed by atoms with Gasteiger partial charge in [-0.15, -0.1) is 0 Å². The molecule has 0 saturated carbocycles. The molecular formula is C10H18O5. The Balaban J connectivity index is 3.60. The smallest absolute Gasteiger partial charge is 0.308 e. The quantitative estimate of drug-likeness (QED) is 0.635. The van der Waals surface area contributed by atoms with Gasteiger partial charge in [0.2, 0.25) is 0 Å². The summed E-state index contributed by atoms with van der Waals surface area (Å²) >= 11 is 0. The molecule has 0 bridgehead atoms. The molecule has 1 unspecified atom stereocenters. The van der Waals surface area contributed by atoms with Gasteiger partial charge in [-0.2, -0.15) is 0 Å². The normalized spacial score (nSPS) is 11.9. The molecule has 15 heavy (non-hydrogen) atoms. The maximum Gasteiger partial charge on any atom is 0.308 e. The Bertz CT molecular complexity index is 202. The lowest BCUT2D eigenvalue weighted by molar-refractivity contribution is -0.152. The van der Waals surface area contributed by atoms with Crippen molar-refractivity contribution in [1.82, 2.24) is 0 Å². The van der Waals surface area contributed by atoms with Crippen molar-refractivity contribution in [3.05, 3.63) is 0 Å². The zero-order chi connectivity index (χ0) is 11.7. The second-order valence-electron chi connectivity index (χ2n) is 3.10. The van der Waals surface area contributed by atoms with E-state index in [0.717, 1.165) is 0 Å². The van der Waals surface area contributed by atoms with Crippen LogP contribution in [-0.2, 0) is 19.1 Å². The van der Waals surface area contributed by atoms with Crippen LogP contribution in [0.15, 0.2) is 0 Å². The first kappa shape index (κ1) is 13.9. The third-order valence-corrected chi connectivity index (χ3v) is 1.60. The summed E-state index contributed by atoms with van der Waals surface area (Å²) in [6.07, 6.45) is -0.100. The molecule has 5 heteroatoms. The topological polar surface area (TPSA) is 72.8 Å². The summed E-state index contributed by atoms with van der Waals surface area (Å²) in [5, 5.41) is 9.29. The SMILES string of the molecule is CCCC(=O)OCC(O)CC(=O)OCC. The van der Waals surface area contributed by atoms with Gasteiger partial charge < -0.3 is 14.6 Å². The Kier molecular flexibility index (Phi) is 7.62. The van der Waals surface area contributed by atoms with E-state index < -0.39 is 12.1 Å². The average molecular weight is 218 g/mol. The first-order valence-corrected chi connectivity index (χ1v) is 5.09. The zero-order valence-corrected chi connectivity index (χ0v) is 9.19. The third kappa shape index (κ3) is 7.93. The monoisotopic (exact) mass is 218 g/mol. The van der Waals surface area contributed by atoms with Gasteiger partial charge in [-0.3, -0.25) is 9.59 Å². The highest BCUT2D eigenvalue weighted by molar-refractivity contribution is 5.70. The lowest BCUT2D eigenvalue weighted by atomic mass is 10.3. The predicted octanol–water partition coefficient (Wildman–Crippen LogP) is 0.644. The Morgan fingerprint density at radius 3 is 2.40 bits per heavy atom. The molecule has 0 spiro atoms. The van der Waals surface area contributed by atoms with E-state index in [1.54, 1.807) is 6.92 Å². The number of rotatable bonds is 7. The van der Waals surface area contributed by atoms with E-state index in [-0.39, 0.29) is 25.6 Å². The Labute approximate surface area is 89.4 Å². The van der Waals surface area contributed by atoms with Gasteiger partial charge in [0.15, 0.2) is 0 Å². The summed E-state index contributed by atoms with van der Waals surface area (Å²) < 4.78 is 9.35. The van der Waals surface area contributed by atoms with Crippen molar-refractivity contribution in [2.24, 2.45) is 0 Å². The first-order chi connectivity index (χ1) is 7.10. The summed E-state index contributed by atoms with van der Waals surface area (Å²) in [7, 11) is 0. The molecule has 88 valence electrons. The predicted molar refractivity (Wildman–Crippen MR) is 53.1 cm³/mol. The molecule has 0 aromatic carbocycles. The van der Waals surface area contributed by atoms with Crippen LogP contribution in [0.4, 0.5) is 0 Å². The van der Waals surface area contributed by atoms with Gasteiger partial charge in [0.1, 0.15) is 6.61 Å². The van der Waals surface area contributed by atoms with Crippen molar-refractivity contribution in [1.29, 1.82) is 0 Å². The third-order valence-electron chi connectivity index (χ3n) is 1.60. The number of esters is 2. The standard InChI is InChI=1S/C10H18O5/c1-3-5-9(12)15-7-8(11)6-10(13)14-4-2/h8,11H,3-7H2,1-2H3. The van der Waals surface area contributed by atoms with Crippen molar-refractivity contribution in [3.8, 4) is 0 Å². The molecule has 1 atom stereocenters. The molecule has 0 amide bonds. The van der Waals surface area contributed by atoms with Crippen molar-refractivity contribution in [2.75, 3.05) is 13.2 Å². The van der Waals surface area contributed by atoms with Crippen molar-refractivity contribution >= 4 is 11.9 Å². The largest absolute Gasteiger partial charge is 0.466 e. The van der Waals surface area contributed by atoms with Crippen LogP contribution in [0.3, 0.4) is 0 Å². The number of ether oxygens (including phenoxy) is 2. The van der Waals surface area contributed by atoms with Crippen molar-refractivity contribution in [3.63, 3.8) is 0 Å². The fourth-order valence-electron chi connectivity index (χ4n) is 0.937. The van der Waals surface area contributed by atoms with Gasteiger partial charge in [-0.05, 0) is 13.3 Å². The minimum Gasteiger partial charge on any atom is -0.466 e. The highest BCUT2D eigenvalue weighted by Crippen LogP contribution is 1.98. The molecule has 0 aliphatic heterocycles. The van der Waals surface area contributed by atoms with Gasteiger partial charge >= 0.3 is 11.9 Å². The van der Waals surface area contributed by atoms with Crippen LogP contribution >= 0.6 is 0 Å². The minimum absolute atomic E-state index is 0.146. The number of carbonyl (C=O) groups excluding carboxylic acids is 2. The highest BCUT2D eigenvalue weighted by atomic mass is 16.5. The molecular weight excluding hydrogens is 200 g/mol. The minimum atomic E-state index is -0.982. The van der Waals surface area contributed by atoms with E-state index in [0.29, 0.717) is 12.8 Å². The molecule has 1 N–H and O–H groups in total. The molecule has 5 nitrogen and oxygen atoms in total. The van der Waals surface area contributed by atoms with Gasteiger partial charge in [0.05, 0.1) is 19.1 Å². The second kappa shape index (κ2) is 8.23. The number of carbonyl (C=O) groups is 2. The molecule has 0 fully saturated rings. The molecule has 0 aromatic rings. The number of hydrogen-bond acceptors (Lipinski definition) is 5. The van der Waals surface area contributed by atoms with Gasteiger partial charge in [-0.25, -0.2) is 0 Å². The molecule has 0 aromatic heterocycles. The summed E-state index contributed by atoms with van der Waals surface area (Å²) in [6.45, 7) is 3.67. The first-order valence-electron chi connectivity index (χ1n) is 5.09. The number of aliphatic hydroxyl groups is 1. The van der Waals surface area contributed by atoms with Crippen LogP contribution in [0.25, 0.3) is 0 Å². The molecule has 0 aliphatic carbocycles. The van der Waals surface area contributed by atoms with E-state index in [9.17, 15) is 14.7 Å². The molecule has 0 saturated heterocycles. The van der Waals surface area contributed by atoms with Crippen LogP contribution in [0, 0.1) is 0 Å². The Hall–Kier alpha value is -1.10. The van der Waals surface area contributed by atoms with Crippen molar-refractivity contribution < 1.29 is 24.2 Å². The van der Waals surface area contributed by atoms with Gasteiger partial charge in [-0.1, -0.05) is 6.92 Å². The van der Waals surface area contributed by atoms with E-state index >= 15 is 0 Å². The number of aliphatic hydroxyl groups excluding tert-OH is 1. The second-order valence-corrected chi connectivity index (χ2v) is 3.10. The zero-order valence-electron chi connectivity index (χ0n) is 9.19. The average Bonchev–Trinajstić information content (AvgIpc) is 2.15. The lowest BCUT2D eigenvalue weighted by Crippen LogP contribution is -2.22. The molecule has 0 rings (SSSR count). The molecule has 0 aliphatic rings. The van der Waals surface area contributed by atoms with Crippen LogP contribution in [0.2, 0.25) is 0 Å². The maximum absolute atomic E-state index is 10.9. The lowest BCUT2D eigenvalue weighted by Gasteiger charge is -2.10. The van der Waals surface area contributed by atoms with Crippen LogP contribution in [0.1, 0.15) is 33.1 Å². The van der Waals surface area contributed by atoms with E-state index in [4.69, 9.17) is 4.74 Å². The van der Waals surface area contributed by atoms with E-state index in [1.165, 1.54) is 0 Å². The summed E-state index contributed by atoms with van der Waals surface area (Å²) in [6, 6.07) is 0. The Morgan fingerprint density at radius 1 is 1.20 bits per heavy atom. The van der Waals surface area contributed by atoms with Crippen LogP contribution < -0.4 is 0 Å². The van der Waals surface area contributed by atoms with Gasteiger partial charge in [0.25, 0.3) is 0 Å². The maximum atomic E-state index is 10.9. The number of hydrogen-bond donors (Lipinski definition) is 1. The molecule has 0 radical (unpaired) electrons.